The summed E-state index contributed by atoms with van der Waals surface area (Å²) in [6.07, 6.45) is 1.83. The van der Waals surface area contributed by atoms with Gasteiger partial charge in [-0.3, -0.25) is 4.79 Å². The summed E-state index contributed by atoms with van der Waals surface area (Å²) >= 11 is 0. The zero-order valence-electron chi connectivity index (χ0n) is 16.9. The number of hydrogen-bond acceptors (Lipinski definition) is 4. The third kappa shape index (κ3) is 4.09. The first-order valence-electron chi connectivity index (χ1n) is 9.01. The number of hydrogen-bond donors (Lipinski definition) is 0. The molecule has 1 heterocycles. The van der Waals surface area contributed by atoms with Gasteiger partial charge in [-0.25, -0.2) is 4.79 Å². The summed E-state index contributed by atoms with van der Waals surface area (Å²) in [5.74, 6) is 5.96. The van der Waals surface area contributed by atoms with Gasteiger partial charge >= 0.3 is 5.97 Å². The molecule has 6 nitrogen and oxygen atoms in total. The highest BCUT2D eigenvalue weighted by Gasteiger charge is 2.16. The van der Waals surface area contributed by atoms with E-state index in [0.717, 1.165) is 10.9 Å². The molecular formula is C23H22N2O4. The molecule has 0 radical (unpaired) electrons. The molecule has 6 heteroatoms. The highest BCUT2D eigenvalue weighted by molar-refractivity contribution is 6.07. The van der Waals surface area contributed by atoms with Crippen LogP contribution in [0, 0.1) is 11.8 Å². The van der Waals surface area contributed by atoms with Crippen molar-refractivity contribution < 1.29 is 19.1 Å². The molecule has 0 atom stereocenters. The van der Waals surface area contributed by atoms with Gasteiger partial charge in [-0.05, 0) is 24.3 Å². The fourth-order valence-electron chi connectivity index (χ4n) is 3.09. The SMILES string of the molecule is COC(=O)c1ccc(OC)c(C#CCN(C)C(=O)c2cn(C)c3ccccc23)c1. The molecule has 1 amide bonds. The number of amides is 1. The number of carbonyl (C=O) groups is 2. The Bertz CT molecular complexity index is 1130. The third-order valence-corrected chi connectivity index (χ3v) is 4.63. The molecule has 0 spiro atoms. The summed E-state index contributed by atoms with van der Waals surface area (Å²) < 4.78 is 12.0. The molecule has 0 aliphatic rings. The molecule has 0 saturated heterocycles. The lowest BCUT2D eigenvalue weighted by Gasteiger charge is -2.13. The molecule has 3 rings (SSSR count). The number of aryl methyl sites for hydroxylation is 1. The second-order valence-corrected chi connectivity index (χ2v) is 6.54. The van der Waals surface area contributed by atoms with E-state index < -0.39 is 5.97 Å². The van der Waals surface area contributed by atoms with E-state index in [1.54, 1.807) is 30.1 Å². The minimum atomic E-state index is -0.445. The third-order valence-electron chi connectivity index (χ3n) is 4.63. The van der Waals surface area contributed by atoms with Crippen LogP contribution in [-0.4, -0.2) is 49.2 Å². The van der Waals surface area contributed by atoms with Gasteiger partial charge in [-0.1, -0.05) is 30.0 Å². The quantitative estimate of drug-likeness (QED) is 0.507. The van der Waals surface area contributed by atoms with Crippen LogP contribution in [0.4, 0.5) is 0 Å². The van der Waals surface area contributed by atoms with E-state index in [1.165, 1.54) is 14.2 Å². The Balaban J connectivity index is 1.81. The predicted octanol–water partition coefficient (Wildman–Crippen LogP) is 3.10. The minimum Gasteiger partial charge on any atom is -0.495 e. The number of nitrogens with zero attached hydrogens (tertiary/aromatic N) is 2. The Labute approximate surface area is 169 Å². The Morgan fingerprint density at radius 3 is 2.62 bits per heavy atom. The van der Waals surface area contributed by atoms with Crippen LogP contribution in [-0.2, 0) is 11.8 Å². The summed E-state index contributed by atoms with van der Waals surface area (Å²) in [7, 11) is 6.49. The Kier molecular flexibility index (Phi) is 5.89. The lowest BCUT2D eigenvalue weighted by molar-refractivity contribution is 0.0600. The van der Waals surface area contributed by atoms with Gasteiger partial charge in [0.25, 0.3) is 5.91 Å². The molecule has 148 valence electrons. The molecule has 0 saturated carbocycles. The normalized spacial score (nSPS) is 10.2. The smallest absolute Gasteiger partial charge is 0.337 e. The zero-order chi connectivity index (χ0) is 21.0. The molecule has 0 unspecified atom stereocenters. The maximum absolute atomic E-state index is 12.9. The zero-order valence-corrected chi connectivity index (χ0v) is 16.9. The van der Waals surface area contributed by atoms with Gasteiger partial charge in [0.1, 0.15) is 5.75 Å². The van der Waals surface area contributed by atoms with Crippen molar-refractivity contribution in [2.24, 2.45) is 7.05 Å². The maximum Gasteiger partial charge on any atom is 0.337 e. The van der Waals surface area contributed by atoms with Crippen LogP contribution in [0.2, 0.25) is 0 Å². The summed E-state index contributed by atoms with van der Waals surface area (Å²) in [4.78, 5) is 26.2. The van der Waals surface area contributed by atoms with E-state index in [2.05, 4.69) is 11.8 Å². The van der Waals surface area contributed by atoms with Gasteiger partial charge in [0.2, 0.25) is 0 Å². The Morgan fingerprint density at radius 2 is 1.90 bits per heavy atom. The van der Waals surface area contributed by atoms with Gasteiger partial charge in [0.05, 0.1) is 37.5 Å². The van der Waals surface area contributed by atoms with Gasteiger partial charge in [-0.2, -0.15) is 0 Å². The van der Waals surface area contributed by atoms with Crippen molar-refractivity contribution in [3.63, 3.8) is 0 Å². The average molecular weight is 390 g/mol. The summed E-state index contributed by atoms with van der Waals surface area (Å²) in [6, 6.07) is 12.7. The van der Waals surface area contributed by atoms with Gasteiger partial charge in [0, 0.05) is 31.2 Å². The van der Waals surface area contributed by atoms with Crippen LogP contribution in [0.5, 0.6) is 5.75 Å². The van der Waals surface area contributed by atoms with Gasteiger partial charge < -0.3 is 18.9 Å². The molecule has 0 aliphatic carbocycles. The molecule has 0 N–H and O–H groups in total. The van der Waals surface area contributed by atoms with Crippen molar-refractivity contribution in [1.82, 2.24) is 9.47 Å². The van der Waals surface area contributed by atoms with E-state index in [9.17, 15) is 9.59 Å². The first-order chi connectivity index (χ1) is 14.0. The number of ether oxygens (including phenoxy) is 2. The Hall–Kier alpha value is -3.72. The van der Waals surface area contributed by atoms with Crippen LogP contribution in [0.1, 0.15) is 26.3 Å². The fourth-order valence-corrected chi connectivity index (χ4v) is 3.09. The summed E-state index contributed by atoms with van der Waals surface area (Å²) in [6.45, 7) is 0.230. The van der Waals surface area contributed by atoms with Crippen molar-refractivity contribution >= 4 is 22.8 Å². The number of para-hydroxylation sites is 1. The van der Waals surface area contributed by atoms with E-state index >= 15 is 0 Å². The average Bonchev–Trinajstić information content (AvgIpc) is 3.09. The topological polar surface area (TPSA) is 60.8 Å². The first-order valence-corrected chi connectivity index (χ1v) is 9.01. The van der Waals surface area contributed by atoms with Crippen LogP contribution < -0.4 is 4.74 Å². The monoisotopic (exact) mass is 390 g/mol. The van der Waals surface area contributed by atoms with Crippen LogP contribution >= 0.6 is 0 Å². The number of aromatic nitrogens is 1. The summed E-state index contributed by atoms with van der Waals surface area (Å²) in [5.41, 5.74) is 2.58. The van der Waals surface area contributed by atoms with Crippen LogP contribution in [0.15, 0.2) is 48.7 Å². The number of carbonyl (C=O) groups excluding carboxylic acids is 2. The number of rotatable bonds is 4. The largest absolute Gasteiger partial charge is 0.495 e. The number of fused-ring (bicyclic) bond motifs is 1. The molecule has 2 aromatic carbocycles. The van der Waals surface area contributed by atoms with E-state index in [-0.39, 0.29) is 12.5 Å². The molecule has 1 aromatic heterocycles. The molecule has 29 heavy (non-hydrogen) atoms. The van der Waals surface area contributed by atoms with Crippen molar-refractivity contribution in [1.29, 1.82) is 0 Å². The minimum absolute atomic E-state index is 0.105. The Morgan fingerprint density at radius 1 is 1.14 bits per heavy atom. The summed E-state index contributed by atoms with van der Waals surface area (Å²) in [5, 5.41) is 0.909. The van der Waals surface area contributed by atoms with E-state index in [4.69, 9.17) is 9.47 Å². The lowest BCUT2D eigenvalue weighted by atomic mass is 10.1. The maximum atomic E-state index is 12.9. The van der Waals surface area contributed by atoms with Gasteiger partial charge in [0.15, 0.2) is 0 Å². The van der Waals surface area contributed by atoms with Crippen molar-refractivity contribution in [3.8, 4) is 17.6 Å². The number of methoxy groups -OCH3 is 2. The highest BCUT2D eigenvalue weighted by Crippen LogP contribution is 2.22. The molecule has 0 aliphatic heterocycles. The van der Waals surface area contributed by atoms with Crippen molar-refractivity contribution in [3.05, 3.63) is 65.4 Å². The fraction of sp³-hybridized carbons (Fsp3) is 0.217. The molecule has 3 aromatic rings. The second-order valence-electron chi connectivity index (χ2n) is 6.54. The van der Waals surface area contributed by atoms with E-state index in [0.29, 0.717) is 22.4 Å². The predicted molar refractivity (Wildman–Crippen MR) is 111 cm³/mol. The standard InChI is InChI=1S/C23H22N2O4/c1-24(22(26)19-15-25(2)20-10-6-5-9-18(19)20)13-7-8-16-14-17(23(27)29-4)11-12-21(16)28-3/h5-6,9-12,14-15H,13H2,1-4H3. The van der Waals surface area contributed by atoms with Crippen LogP contribution in [0.25, 0.3) is 10.9 Å². The highest BCUT2D eigenvalue weighted by atomic mass is 16.5. The van der Waals surface area contributed by atoms with Gasteiger partial charge in [-0.15, -0.1) is 0 Å². The number of benzene rings is 2. The van der Waals surface area contributed by atoms with Crippen molar-refractivity contribution in [2.45, 2.75) is 0 Å². The van der Waals surface area contributed by atoms with E-state index in [1.807, 2.05) is 42.1 Å². The second kappa shape index (κ2) is 8.53. The van der Waals surface area contributed by atoms with Crippen LogP contribution in [0.3, 0.4) is 0 Å². The van der Waals surface area contributed by atoms with Crippen molar-refractivity contribution in [2.75, 3.05) is 27.8 Å². The number of esters is 1. The lowest BCUT2D eigenvalue weighted by Crippen LogP contribution is -2.26. The molecule has 0 bridgehead atoms. The molecular weight excluding hydrogens is 368 g/mol. The first kappa shape index (κ1) is 20.0. The molecule has 0 fully saturated rings.